The first-order valence-electron chi connectivity index (χ1n) is 11.0. The summed E-state index contributed by atoms with van der Waals surface area (Å²) in [5.41, 5.74) is 1.50. The monoisotopic (exact) mass is 546 g/mol. The minimum atomic E-state index is -0.105. The van der Waals surface area contributed by atoms with Crippen molar-refractivity contribution in [3.05, 3.63) is 75.7 Å². The van der Waals surface area contributed by atoms with Crippen molar-refractivity contribution in [1.29, 1.82) is 0 Å². The van der Waals surface area contributed by atoms with Crippen molar-refractivity contribution in [3.63, 3.8) is 0 Å². The highest BCUT2D eigenvalue weighted by Gasteiger charge is 2.22. The molecule has 6 nitrogen and oxygen atoms in total. The van der Waals surface area contributed by atoms with Crippen LogP contribution in [0.15, 0.2) is 60.7 Å². The van der Waals surface area contributed by atoms with Gasteiger partial charge in [0.2, 0.25) is 5.91 Å². The Morgan fingerprint density at radius 2 is 1.69 bits per heavy atom. The number of halogens is 3. The lowest BCUT2D eigenvalue weighted by atomic mass is 10.2. The zero-order chi connectivity index (χ0) is 24.4. The van der Waals surface area contributed by atoms with Gasteiger partial charge in [0, 0.05) is 36.2 Å². The zero-order valence-electron chi connectivity index (χ0n) is 18.5. The van der Waals surface area contributed by atoms with Gasteiger partial charge < -0.3 is 15.0 Å². The molecular weight excluding hydrogens is 527 g/mol. The van der Waals surface area contributed by atoms with Crippen LogP contribution in [0, 0.1) is 0 Å². The van der Waals surface area contributed by atoms with Gasteiger partial charge >= 0.3 is 0 Å². The van der Waals surface area contributed by atoms with Crippen molar-refractivity contribution >= 4 is 73.1 Å². The molecular formula is C25H21Cl3N4O2S. The first-order chi connectivity index (χ1) is 16.9. The minimum absolute atomic E-state index is 0.105. The first-order valence-corrected chi connectivity index (χ1v) is 12.9. The van der Waals surface area contributed by atoms with E-state index in [1.54, 1.807) is 41.7 Å². The van der Waals surface area contributed by atoms with Gasteiger partial charge in [-0.25, -0.2) is 4.98 Å². The van der Waals surface area contributed by atoms with E-state index in [1.807, 2.05) is 30.3 Å². The van der Waals surface area contributed by atoms with Crippen LogP contribution in [0.1, 0.15) is 0 Å². The highest BCUT2D eigenvalue weighted by Crippen LogP contribution is 2.35. The number of ether oxygens (including phenoxy) is 1. The molecule has 4 aromatic rings. The number of benzene rings is 3. The number of rotatable bonds is 6. The molecule has 1 amide bonds. The molecule has 35 heavy (non-hydrogen) atoms. The number of fused-ring (bicyclic) bond motifs is 1. The Morgan fingerprint density at radius 3 is 2.49 bits per heavy atom. The smallest absolute Gasteiger partial charge is 0.238 e. The quantitative estimate of drug-likeness (QED) is 0.287. The molecule has 1 aliphatic heterocycles. The van der Waals surface area contributed by atoms with Crippen LogP contribution in [-0.2, 0) is 4.79 Å². The normalized spacial score (nSPS) is 14.3. The molecule has 0 spiro atoms. The average molecular weight is 548 g/mol. The summed E-state index contributed by atoms with van der Waals surface area (Å²) in [6, 6.07) is 18.1. The predicted molar refractivity (Wildman–Crippen MR) is 145 cm³/mol. The lowest BCUT2D eigenvalue weighted by Crippen LogP contribution is -2.48. The Hall–Kier alpha value is -2.55. The minimum Gasteiger partial charge on any atom is -0.454 e. The molecule has 1 N–H and O–H groups in total. The van der Waals surface area contributed by atoms with Crippen LogP contribution in [0.3, 0.4) is 0 Å². The van der Waals surface area contributed by atoms with Crippen LogP contribution in [0.25, 0.3) is 10.2 Å². The molecule has 180 valence electrons. The molecule has 0 atom stereocenters. The summed E-state index contributed by atoms with van der Waals surface area (Å²) in [6.45, 7) is 3.43. The molecule has 0 radical (unpaired) electrons. The van der Waals surface area contributed by atoms with Crippen LogP contribution in [0.5, 0.6) is 11.5 Å². The van der Waals surface area contributed by atoms with Gasteiger partial charge in [-0.2, -0.15) is 0 Å². The second-order valence-electron chi connectivity index (χ2n) is 8.09. The van der Waals surface area contributed by atoms with Gasteiger partial charge in [0.25, 0.3) is 0 Å². The number of hydrogen-bond donors (Lipinski definition) is 1. The highest BCUT2D eigenvalue weighted by atomic mass is 35.5. The fourth-order valence-corrected chi connectivity index (χ4v) is 5.46. The third kappa shape index (κ3) is 5.82. The lowest BCUT2D eigenvalue weighted by molar-refractivity contribution is -0.117. The van der Waals surface area contributed by atoms with Crippen molar-refractivity contribution in [2.45, 2.75) is 0 Å². The molecule has 2 heterocycles. The number of thiazole rings is 1. The Bertz CT molecular complexity index is 1370. The molecule has 1 fully saturated rings. The lowest BCUT2D eigenvalue weighted by Gasteiger charge is -2.34. The number of para-hydroxylation sites is 2. The summed E-state index contributed by atoms with van der Waals surface area (Å²) >= 11 is 20.0. The predicted octanol–water partition coefficient (Wildman–Crippen LogP) is 6.81. The molecule has 10 heteroatoms. The molecule has 1 aliphatic rings. The zero-order valence-corrected chi connectivity index (χ0v) is 21.6. The van der Waals surface area contributed by atoms with Crippen molar-refractivity contribution < 1.29 is 9.53 Å². The molecule has 3 aromatic carbocycles. The van der Waals surface area contributed by atoms with Gasteiger partial charge in [-0.3, -0.25) is 9.69 Å². The molecule has 0 unspecified atom stereocenters. The van der Waals surface area contributed by atoms with Crippen molar-refractivity contribution in [2.24, 2.45) is 0 Å². The largest absolute Gasteiger partial charge is 0.454 e. The van der Waals surface area contributed by atoms with Gasteiger partial charge in [-0.15, -0.1) is 0 Å². The van der Waals surface area contributed by atoms with Gasteiger partial charge in [0.1, 0.15) is 5.75 Å². The average Bonchev–Trinajstić information content (AvgIpc) is 3.25. The van der Waals surface area contributed by atoms with Crippen LogP contribution >= 0.6 is 46.1 Å². The summed E-state index contributed by atoms with van der Waals surface area (Å²) in [6.07, 6.45) is 0. The number of nitrogens with zero attached hydrogens (tertiary/aromatic N) is 3. The Labute approximate surface area is 222 Å². The van der Waals surface area contributed by atoms with Gasteiger partial charge in [0.05, 0.1) is 27.5 Å². The van der Waals surface area contributed by atoms with Gasteiger partial charge in [-0.1, -0.05) is 58.3 Å². The maximum atomic E-state index is 12.8. The van der Waals surface area contributed by atoms with Crippen LogP contribution in [-0.4, -0.2) is 48.5 Å². The number of nitrogens with one attached hydrogen (secondary N) is 1. The van der Waals surface area contributed by atoms with Crippen molar-refractivity contribution in [1.82, 2.24) is 9.88 Å². The maximum Gasteiger partial charge on any atom is 0.238 e. The van der Waals surface area contributed by atoms with E-state index in [9.17, 15) is 4.79 Å². The Morgan fingerprint density at radius 1 is 0.943 bits per heavy atom. The van der Waals surface area contributed by atoms with Crippen LogP contribution in [0.4, 0.5) is 10.8 Å². The van der Waals surface area contributed by atoms with Crippen molar-refractivity contribution in [3.8, 4) is 11.5 Å². The summed E-state index contributed by atoms with van der Waals surface area (Å²) in [4.78, 5) is 21.9. The van der Waals surface area contributed by atoms with Crippen molar-refractivity contribution in [2.75, 3.05) is 42.9 Å². The number of amides is 1. The number of piperazine rings is 1. The van der Waals surface area contributed by atoms with E-state index < -0.39 is 0 Å². The second-order valence-corrected chi connectivity index (χ2v) is 10.4. The summed E-state index contributed by atoms with van der Waals surface area (Å²) < 4.78 is 7.06. The van der Waals surface area contributed by atoms with E-state index in [2.05, 4.69) is 15.1 Å². The first kappa shape index (κ1) is 24.2. The maximum absolute atomic E-state index is 12.8. The van der Waals surface area contributed by atoms with E-state index in [1.165, 1.54) is 0 Å². The standard InChI is InChI=1S/C25H21Cl3N4O2S/c26-16-5-7-21(18(28)13-16)34-22-4-2-1-3-19(22)29-24(33)15-31-9-11-32(12-10-31)25-30-20-14-17(27)6-8-23(20)35-25/h1-8,13-14H,9-12,15H2,(H,29,33). The van der Waals surface area contributed by atoms with Gasteiger partial charge in [0.15, 0.2) is 10.9 Å². The molecule has 0 aliphatic carbocycles. The topological polar surface area (TPSA) is 57.7 Å². The Balaban J connectivity index is 1.18. The van der Waals surface area contributed by atoms with E-state index >= 15 is 0 Å². The SMILES string of the molecule is O=C(CN1CCN(c2nc3cc(Cl)ccc3s2)CC1)Nc1ccccc1Oc1ccc(Cl)cc1Cl. The molecule has 0 bridgehead atoms. The number of carbonyl (C=O) groups is 1. The fourth-order valence-electron chi connectivity index (χ4n) is 3.85. The summed E-state index contributed by atoms with van der Waals surface area (Å²) in [5, 5.41) is 5.56. The third-order valence-electron chi connectivity index (χ3n) is 5.62. The van der Waals surface area contributed by atoms with Gasteiger partial charge in [-0.05, 0) is 48.5 Å². The van der Waals surface area contributed by atoms with Crippen LogP contribution in [0.2, 0.25) is 15.1 Å². The number of aromatic nitrogens is 1. The van der Waals surface area contributed by atoms with E-state index in [0.29, 0.717) is 38.8 Å². The van der Waals surface area contributed by atoms with E-state index in [0.717, 1.165) is 41.5 Å². The fraction of sp³-hybridized carbons (Fsp3) is 0.200. The molecule has 1 aromatic heterocycles. The van der Waals surface area contributed by atoms with Crippen LogP contribution < -0.4 is 15.0 Å². The highest BCUT2D eigenvalue weighted by molar-refractivity contribution is 7.22. The van der Waals surface area contributed by atoms with E-state index in [-0.39, 0.29) is 5.91 Å². The molecule has 0 saturated carbocycles. The summed E-state index contributed by atoms with van der Waals surface area (Å²) in [7, 11) is 0. The second kappa shape index (κ2) is 10.6. The summed E-state index contributed by atoms with van der Waals surface area (Å²) in [5.74, 6) is 0.864. The Kier molecular flexibility index (Phi) is 7.32. The third-order valence-corrected chi connectivity index (χ3v) is 7.49. The number of anilines is 2. The number of carbonyl (C=O) groups excluding carboxylic acids is 1. The number of hydrogen-bond acceptors (Lipinski definition) is 6. The molecule has 1 saturated heterocycles. The van der Waals surface area contributed by atoms with E-state index in [4.69, 9.17) is 44.5 Å². The molecule has 5 rings (SSSR count).